The van der Waals surface area contributed by atoms with E-state index in [9.17, 15) is 0 Å². The monoisotopic (exact) mass is 144 g/mol. The van der Waals surface area contributed by atoms with Gasteiger partial charge < -0.3 is 0 Å². The first kappa shape index (κ1) is 5.82. The average molecular weight is 144 g/mol. The van der Waals surface area contributed by atoms with Gasteiger partial charge >= 0.3 is 0 Å². The lowest BCUT2D eigenvalue weighted by Crippen LogP contribution is -2.00. The van der Waals surface area contributed by atoms with Crippen molar-refractivity contribution in [3.05, 3.63) is 35.5 Å². The Morgan fingerprint density at radius 1 is 1.27 bits per heavy atom. The standard InChI is InChI=1S/C11H12/c1-3-8-7-9-4-2-6-11(9)10(8)5-1/h1,3,5,7,9,11H,2,4,6H2/t9-,11-/m0/s1. The fourth-order valence-corrected chi connectivity index (χ4v) is 2.74. The number of rotatable bonds is 0. The Morgan fingerprint density at radius 3 is 3.27 bits per heavy atom. The van der Waals surface area contributed by atoms with Crippen LogP contribution in [0.1, 0.15) is 19.3 Å². The minimum atomic E-state index is 0.903. The van der Waals surface area contributed by atoms with Crippen LogP contribution in [0.4, 0.5) is 0 Å². The van der Waals surface area contributed by atoms with Crippen molar-refractivity contribution in [1.82, 2.24) is 0 Å². The van der Waals surface area contributed by atoms with Crippen LogP contribution in [0.5, 0.6) is 0 Å². The van der Waals surface area contributed by atoms with E-state index in [4.69, 9.17) is 0 Å². The zero-order chi connectivity index (χ0) is 7.26. The van der Waals surface area contributed by atoms with Crippen LogP contribution in [-0.4, -0.2) is 0 Å². The zero-order valence-electron chi connectivity index (χ0n) is 6.59. The van der Waals surface area contributed by atoms with Gasteiger partial charge in [-0.2, -0.15) is 0 Å². The minimum absolute atomic E-state index is 0.903. The lowest BCUT2D eigenvalue weighted by atomic mass is 9.95. The van der Waals surface area contributed by atoms with Gasteiger partial charge in [0.1, 0.15) is 0 Å². The minimum Gasteiger partial charge on any atom is -0.0732 e. The maximum atomic E-state index is 2.48. The first-order chi connectivity index (χ1) is 5.45. The van der Waals surface area contributed by atoms with Gasteiger partial charge in [0.05, 0.1) is 0 Å². The summed E-state index contributed by atoms with van der Waals surface area (Å²) >= 11 is 0. The van der Waals surface area contributed by atoms with Crippen LogP contribution in [0, 0.1) is 11.8 Å². The van der Waals surface area contributed by atoms with Gasteiger partial charge in [-0.3, -0.25) is 0 Å². The third-order valence-electron chi connectivity index (χ3n) is 3.25. The largest absolute Gasteiger partial charge is 0.0732 e. The molecule has 11 heavy (non-hydrogen) atoms. The van der Waals surface area contributed by atoms with E-state index in [0.29, 0.717) is 0 Å². The molecule has 3 rings (SSSR count). The van der Waals surface area contributed by atoms with E-state index < -0.39 is 0 Å². The summed E-state index contributed by atoms with van der Waals surface area (Å²) in [6, 6.07) is 0. The summed E-state index contributed by atoms with van der Waals surface area (Å²) in [5.74, 6) is 1.81. The molecule has 0 bridgehead atoms. The Morgan fingerprint density at radius 2 is 2.27 bits per heavy atom. The third kappa shape index (κ3) is 0.649. The molecule has 3 aliphatic carbocycles. The number of fused-ring (bicyclic) bond motifs is 3. The molecular weight excluding hydrogens is 132 g/mol. The molecule has 56 valence electrons. The molecular formula is C11H12. The van der Waals surface area contributed by atoms with Crippen LogP contribution >= 0.6 is 0 Å². The van der Waals surface area contributed by atoms with E-state index in [1.807, 2.05) is 0 Å². The summed E-state index contributed by atoms with van der Waals surface area (Å²) in [7, 11) is 0. The normalized spacial score (nSPS) is 38.5. The molecule has 0 aliphatic heterocycles. The molecule has 0 unspecified atom stereocenters. The first-order valence-corrected chi connectivity index (χ1v) is 4.55. The van der Waals surface area contributed by atoms with Crippen LogP contribution in [0.25, 0.3) is 0 Å². The maximum Gasteiger partial charge on any atom is -0.00929 e. The highest BCUT2D eigenvalue weighted by molar-refractivity contribution is 5.54. The molecule has 0 aromatic heterocycles. The molecule has 0 heterocycles. The molecule has 0 nitrogen and oxygen atoms in total. The average Bonchev–Trinajstić information content (AvgIpc) is 2.52. The summed E-state index contributed by atoms with van der Waals surface area (Å²) in [5.41, 5.74) is 3.16. The molecule has 0 heteroatoms. The van der Waals surface area contributed by atoms with Crippen molar-refractivity contribution in [1.29, 1.82) is 0 Å². The van der Waals surface area contributed by atoms with E-state index in [1.165, 1.54) is 24.8 Å². The SMILES string of the molecule is C1=CC2=C[C@@H]3CCC[C@@H]3C2=C1. The van der Waals surface area contributed by atoms with Gasteiger partial charge in [0.15, 0.2) is 0 Å². The molecule has 1 saturated carbocycles. The van der Waals surface area contributed by atoms with Gasteiger partial charge in [-0.15, -0.1) is 0 Å². The van der Waals surface area contributed by atoms with Gasteiger partial charge in [-0.1, -0.05) is 30.7 Å². The molecule has 0 spiro atoms. The zero-order valence-corrected chi connectivity index (χ0v) is 6.59. The van der Waals surface area contributed by atoms with Crippen molar-refractivity contribution in [2.75, 3.05) is 0 Å². The Kier molecular flexibility index (Phi) is 0.993. The summed E-state index contributed by atoms with van der Waals surface area (Å²) < 4.78 is 0. The van der Waals surface area contributed by atoms with Crippen LogP contribution in [-0.2, 0) is 0 Å². The first-order valence-electron chi connectivity index (χ1n) is 4.55. The second-order valence-electron chi connectivity index (χ2n) is 3.80. The lowest BCUT2D eigenvalue weighted by Gasteiger charge is -2.08. The van der Waals surface area contributed by atoms with Gasteiger partial charge in [0.2, 0.25) is 0 Å². The second kappa shape index (κ2) is 1.88. The van der Waals surface area contributed by atoms with Gasteiger partial charge in [0.25, 0.3) is 0 Å². The molecule has 3 aliphatic rings. The molecule has 2 atom stereocenters. The molecule has 0 aromatic rings. The molecule has 1 fully saturated rings. The summed E-state index contributed by atoms with van der Waals surface area (Å²) in [6.07, 6.45) is 13.5. The Hall–Kier alpha value is -0.780. The van der Waals surface area contributed by atoms with Crippen LogP contribution in [0.2, 0.25) is 0 Å². The predicted octanol–water partition coefficient (Wildman–Crippen LogP) is 2.84. The highest BCUT2D eigenvalue weighted by Gasteiger charge is 2.35. The van der Waals surface area contributed by atoms with Crippen molar-refractivity contribution in [3.63, 3.8) is 0 Å². The molecule has 0 aromatic carbocycles. The fraction of sp³-hybridized carbons (Fsp3) is 0.455. The second-order valence-corrected chi connectivity index (χ2v) is 3.80. The number of allylic oxidation sites excluding steroid dienone is 6. The van der Waals surface area contributed by atoms with E-state index in [1.54, 1.807) is 5.57 Å². The molecule has 0 radical (unpaired) electrons. The van der Waals surface area contributed by atoms with E-state index >= 15 is 0 Å². The fourth-order valence-electron chi connectivity index (χ4n) is 2.74. The predicted molar refractivity (Wildman–Crippen MR) is 46.1 cm³/mol. The Balaban J connectivity index is 2.07. The highest BCUT2D eigenvalue weighted by atomic mass is 14.4. The molecule has 0 saturated heterocycles. The van der Waals surface area contributed by atoms with Crippen LogP contribution in [0.3, 0.4) is 0 Å². The van der Waals surface area contributed by atoms with E-state index in [2.05, 4.69) is 24.3 Å². The third-order valence-corrected chi connectivity index (χ3v) is 3.25. The number of hydrogen-bond donors (Lipinski definition) is 0. The van der Waals surface area contributed by atoms with Gasteiger partial charge in [-0.25, -0.2) is 0 Å². The van der Waals surface area contributed by atoms with Crippen molar-refractivity contribution < 1.29 is 0 Å². The van der Waals surface area contributed by atoms with Crippen molar-refractivity contribution >= 4 is 0 Å². The van der Waals surface area contributed by atoms with Gasteiger partial charge in [0, 0.05) is 0 Å². The maximum absolute atomic E-state index is 2.48. The lowest BCUT2D eigenvalue weighted by molar-refractivity contribution is 0.564. The quantitative estimate of drug-likeness (QED) is 0.490. The van der Waals surface area contributed by atoms with Crippen LogP contribution in [0.15, 0.2) is 35.5 Å². The molecule has 0 N–H and O–H groups in total. The van der Waals surface area contributed by atoms with E-state index in [0.717, 1.165) is 11.8 Å². The highest BCUT2D eigenvalue weighted by Crippen LogP contribution is 2.47. The van der Waals surface area contributed by atoms with Crippen molar-refractivity contribution in [2.45, 2.75) is 19.3 Å². The van der Waals surface area contributed by atoms with Crippen molar-refractivity contribution in [2.24, 2.45) is 11.8 Å². The van der Waals surface area contributed by atoms with E-state index in [-0.39, 0.29) is 0 Å². The Bertz CT molecular complexity index is 278. The molecule has 0 amide bonds. The smallest absolute Gasteiger partial charge is 0.00929 e. The Labute approximate surface area is 67.3 Å². The summed E-state index contributed by atoms with van der Waals surface area (Å²) in [4.78, 5) is 0. The van der Waals surface area contributed by atoms with Crippen molar-refractivity contribution in [3.8, 4) is 0 Å². The van der Waals surface area contributed by atoms with Crippen LogP contribution < -0.4 is 0 Å². The summed E-state index contributed by atoms with van der Waals surface area (Å²) in [6.45, 7) is 0. The number of hydrogen-bond acceptors (Lipinski definition) is 0. The van der Waals surface area contributed by atoms with Gasteiger partial charge in [-0.05, 0) is 35.8 Å². The summed E-state index contributed by atoms with van der Waals surface area (Å²) in [5, 5.41) is 0. The topological polar surface area (TPSA) is 0 Å².